The van der Waals surface area contributed by atoms with Crippen LogP contribution >= 0.6 is 0 Å². The van der Waals surface area contributed by atoms with Crippen LogP contribution in [0.3, 0.4) is 0 Å². The van der Waals surface area contributed by atoms with E-state index in [-0.39, 0.29) is 24.9 Å². The highest BCUT2D eigenvalue weighted by Gasteiger charge is 2.56. The molecular weight excluding hydrogens is 391 g/mol. The molecule has 29 heavy (non-hydrogen) atoms. The zero-order valence-corrected chi connectivity index (χ0v) is 18.8. The number of carbonyl (C=O) groups excluding carboxylic acids is 1. The fraction of sp³-hybridized carbons (Fsp3) is 0.500. The summed E-state index contributed by atoms with van der Waals surface area (Å²) < 4.78 is 17.8. The van der Waals surface area contributed by atoms with Gasteiger partial charge in [-0.25, -0.2) is 4.57 Å². The van der Waals surface area contributed by atoms with Crippen molar-refractivity contribution in [3.63, 3.8) is 0 Å². The average Bonchev–Trinajstić information content (AvgIpc) is 3.08. The molecule has 0 atom stereocenters. The van der Waals surface area contributed by atoms with Crippen LogP contribution in [0, 0.1) is 10.1 Å². The summed E-state index contributed by atoms with van der Waals surface area (Å²) in [4.78, 5) is 26.6. The van der Waals surface area contributed by atoms with Gasteiger partial charge >= 0.3 is 5.95 Å². The molecule has 9 heteroatoms. The van der Waals surface area contributed by atoms with Crippen molar-refractivity contribution in [3.05, 3.63) is 52.3 Å². The highest BCUT2D eigenvalue weighted by Crippen LogP contribution is 2.51. The van der Waals surface area contributed by atoms with Crippen molar-refractivity contribution in [1.29, 1.82) is 0 Å². The first-order valence-electron chi connectivity index (χ1n) is 9.52. The molecule has 0 fully saturated rings. The molecule has 0 aliphatic heterocycles. The standard InChI is InChI=1S/C20H29FN4O3Si/c1-19(2,3)29(21,20(4,5)6)16-9-7-8-15(14-16)17(26)22-10-12-24-13-11-23-18(24)25(27)28/h7-9,11,13-14H,10,12H2,1-6H3,(H,22,26). The number of rotatable bonds is 6. The highest BCUT2D eigenvalue weighted by molar-refractivity contribution is 6.90. The Morgan fingerprint density at radius 1 is 1.24 bits per heavy atom. The second-order valence-corrected chi connectivity index (χ2v) is 14.1. The first-order valence-corrected chi connectivity index (χ1v) is 11.4. The van der Waals surface area contributed by atoms with Gasteiger partial charge in [0.1, 0.15) is 12.4 Å². The van der Waals surface area contributed by atoms with Gasteiger partial charge in [-0.2, -0.15) is 0 Å². The van der Waals surface area contributed by atoms with Gasteiger partial charge in [-0.1, -0.05) is 58.7 Å². The maximum Gasteiger partial charge on any atom is 0.434 e. The van der Waals surface area contributed by atoms with Gasteiger partial charge in [0.25, 0.3) is 14.3 Å². The molecule has 0 spiro atoms. The molecule has 1 N–H and O–H groups in total. The molecule has 0 aliphatic rings. The summed E-state index contributed by atoms with van der Waals surface area (Å²) in [5.41, 5.74) is 0.380. The molecule has 0 radical (unpaired) electrons. The lowest BCUT2D eigenvalue weighted by molar-refractivity contribution is -0.396. The van der Waals surface area contributed by atoms with Crippen molar-refractivity contribution < 1.29 is 13.8 Å². The smallest absolute Gasteiger partial charge is 0.390 e. The molecule has 1 aromatic heterocycles. The molecule has 7 nitrogen and oxygen atoms in total. The number of halogens is 1. The maximum atomic E-state index is 16.5. The maximum absolute atomic E-state index is 16.5. The SMILES string of the molecule is CC(C)(C)[Si](F)(c1cccc(C(=O)NCCn2ccnc2[N+](=O)[O-])c1)C(C)(C)C. The number of benzene rings is 1. The summed E-state index contributed by atoms with van der Waals surface area (Å²) in [7, 11) is -3.47. The van der Waals surface area contributed by atoms with Gasteiger partial charge in [-0.05, 0) is 32.3 Å². The van der Waals surface area contributed by atoms with E-state index in [1.54, 1.807) is 24.3 Å². The Bertz CT molecular complexity index is 886. The van der Waals surface area contributed by atoms with E-state index in [4.69, 9.17) is 0 Å². The van der Waals surface area contributed by atoms with Crippen LogP contribution in [0.25, 0.3) is 0 Å². The van der Waals surface area contributed by atoms with Gasteiger partial charge in [0, 0.05) is 12.1 Å². The third-order valence-electron chi connectivity index (χ3n) is 5.08. The van der Waals surface area contributed by atoms with Crippen molar-refractivity contribution in [2.45, 2.75) is 58.2 Å². The van der Waals surface area contributed by atoms with E-state index in [0.29, 0.717) is 10.8 Å². The van der Waals surface area contributed by atoms with Gasteiger partial charge in [0.05, 0.1) is 6.54 Å². The van der Waals surface area contributed by atoms with E-state index in [1.165, 1.54) is 17.0 Å². The van der Waals surface area contributed by atoms with Crippen molar-refractivity contribution in [2.24, 2.45) is 0 Å². The molecular formula is C20H29FN4O3Si. The second kappa shape index (κ2) is 8.06. The lowest BCUT2D eigenvalue weighted by Gasteiger charge is -2.45. The van der Waals surface area contributed by atoms with Crippen LogP contribution in [0.5, 0.6) is 0 Å². The Morgan fingerprint density at radius 2 is 1.86 bits per heavy atom. The Balaban J connectivity index is 2.19. The molecule has 158 valence electrons. The first kappa shape index (κ1) is 22.7. The molecule has 0 saturated heterocycles. The number of hydrogen-bond acceptors (Lipinski definition) is 4. The Labute approximate surface area is 171 Å². The zero-order chi connectivity index (χ0) is 22.0. The van der Waals surface area contributed by atoms with Crippen molar-refractivity contribution in [3.8, 4) is 0 Å². The van der Waals surface area contributed by atoms with E-state index in [2.05, 4.69) is 10.3 Å². The number of hydrogen-bond donors (Lipinski definition) is 1. The summed E-state index contributed by atoms with van der Waals surface area (Å²) in [6.07, 6.45) is 2.83. The number of carbonyl (C=O) groups is 1. The van der Waals surface area contributed by atoms with Crippen LogP contribution in [-0.2, 0) is 6.54 Å². The van der Waals surface area contributed by atoms with Crippen molar-refractivity contribution in [2.75, 3.05) is 6.54 Å². The first-order chi connectivity index (χ1) is 13.3. The second-order valence-electron chi connectivity index (χ2n) is 9.17. The third kappa shape index (κ3) is 4.55. The van der Waals surface area contributed by atoms with Crippen LogP contribution < -0.4 is 10.5 Å². The van der Waals surface area contributed by atoms with Crippen LogP contribution in [0.4, 0.5) is 10.1 Å². The van der Waals surface area contributed by atoms with Gasteiger partial charge in [0.15, 0.2) is 0 Å². The van der Waals surface area contributed by atoms with E-state index in [1.807, 2.05) is 41.5 Å². The van der Waals surface area contributed by atoms with E-state index >= 15 is 4.11 Å². The summed E-state index contributed by atoms with van der Waals surface area (Å²) in [5.74, 6) is -0.612. The largest absolute Gasteiger partial charge is 0.434 e. The third-order valence-corrected chi connectivity index (χ3v) is 10.3. The summed E-state index contributed by atoms with van der Waals surface area (Å²) >= 11 is 0. The quantitative estimate of drug-likeness (QED) is 0.332. The van der Waals surface area contributed by atoms with Crippen LogP contribution in [0.15, 0.2) is 36.7 Å². The minimum absolute atomic E-state index is 0.191. The normalized spacial score (nSPS) is 12.7. The highest BCUT2D eigenvalue weighted by atomic mass is 28.4. The molecule has 0 saturated carbocycles. The Kier molecular flexibility index (Phi) is 6.32. The van der Waals surface area contributed by atoms with Gasteiger partial charge in [-0.3, -0.25) is 4.79 Å². The number of imidazole rings is 1. The van der Waals surface area contributed by atoms with Crippen LogP contribution in [-0.4, -0.2) is 35.3 Å². The lowest BCUT2D eigenvalue weighted by atomic mass is 10.2. The van der Waals surface area contributed by atoms with Gasteiger partial charge in [0.2, 0.25) is 0 Å². The number of nitrogens with one attached hydrogen (secondary N) is 1. The summed E-state index contributed by atoms with van der Waals surface area (Å²) in [5, 5.41) is 13.2. The molecule has 0 bridgehead atoms. The number of amides is 1. The van der Waals surface area contributed by atoms with Crippen molar-refractivity contribution >= 4 is 25.4 Å². The number of nitro groups is 1. The fourth-order valence-corrected chi connectivity index (χ4v) is 8.57. The van der Waals surface area contributed by atoms with Gasteiger partial charge < -0.3 is 19.5 Å². The lowest BCUT2D eigenvalue weighted by Crippen LogP contribution is -2.58. The number of aromatic nitrogens is 2. The van der Waals surface area contributed by atoms with Crippen LogP contribution in [0.2, 0.25) is 10.1 Å². The van der Waals surface area contributed by atoms with Crippen LogP contribution in [0.1, 0.15) is 51.9 Å². The molecule has 0 aliphatic carbocycles. The topological polar surface area (TPSA) is 90.1 Å². The number of nitrogens with zero attached hydrogens (tertiary/aromatic N) is 3. The van der Waals surface area contributed by atoms with E-state index in [0.717, 1.165) is 0 Å². The molecule has 1 amide bonds. The average molecular weight is 421 g/mol. The van der Waals surface area contributed by atoms with Gasteiger partial charge in [-0.15, -0.1) is 0 Å². The van der Waals surface area contributed by atoms with Crippen molar-refractivity contribution in [1.82, 2.24) is 14.9 Å². The Morgan fingerprint density at radius 3 is 2.41 bits per heavy atom. The molecule has 1 heterocycles. The molecule has 2 aromatic rings. The molecule has 1 aromatic carbocycles. The predicted molar refractivity (Wildman–Crippen MR) is 114 cm³/mol. The summed E-state index contributed by atoms with van der Waals surface area (Å²) in [6.45, 7) is 11.9. The van der Waals surface area contributed by atoms with E-state index < -0.39 is 23.4 Å². The zero-order valence-electron chi connectivity index (χ0n) is 17.8. The predicted octanol–water partition coefficient (Wildman–Crippen LogP) is 3.94. The molecule has 0 unspecified atom stereocenters. The minimum Gasteiger partial charge on any atom is -0.390 e. The molecule has 2 rings (SSSR count). The van der Waals surface area contributed by atoms with E-state index in [9.17, 15) is 14.9 Å². The monoisotopic (exact) mass is 420 g/mol. The minimum atomic E-state index is -3.47. The Hall–Kier alpha value is -2.55. The fourth-order valence-electron chi connectivity index (χ4n) is 3.91. The summed E-state index contributed by atoms with van der Waals surface area (Å²) in [6, 6.07) is 6.79.